The molecule has 0 amide bonds. The van der Waals surface area contributed by atoms with Gasteiger partial charge in [-0.25, -0.2) is 0 Å². The summed E-state index contributed by atoms with van der Waals surface area (Å²) in [6.07, 6.45) is 3.23. The van der Waals surface area contributed by atoms with Crippen molar-refractivity contribution in [2.45, 2.75) is 20.8 Å². The molecule has 27 heavy (non-hydrogen) atoms. The third-order valence-corrected chi connectivity index (χ3v) is 3.77. The Morgan fingerprint density at radius 3 is 1.96 bits per heavy atom. The fourth-order valence-electron chi connectivity index (χ4n) is 2.38. The van der Waals surface area contributed by atoms with Gasteiger partial charge in [-0.1, -0.05) is 11.6 Å². The van der Waals surface area contributed by atoms with E-state index in [1.807, 2.05) is 26.8 Å². The van der Waals surface area contributed by atoms with Crippen molar-refractivity contribution in [1.29, 1.82) is 0 Å². The van der Waals surface area contributed by atoms with E-state index in [0.29, 0.717) is 47.7 Å². The van der Waals surface area contributed by atoms with Crippen molar-refractivity contribution < 1.29 is 19.0 Å². The average Bonchev–Trinajstić information content (AvgIpc) is 2.63. The van der Waals surface area contributed by atoms with Crippen molar-refractivity contribution in [3.05, 3.63) is 58.6 Å². The van der Waals surface area contributed by atoms with Crippen LogP contribution >= 0.6 is 24.0 Å². The third-order valence-electron chi connectivity index (χ3n) is 3.52. The SMILES string of the molecule is CCOc1cc(OCC)c(OCC)cc1/C=C/C(=O)c1ccc(Cl)cc1.Cl. The van der Waals surface area contributed by atoms with Crippen LogP contribution in [0, 0.1) is 0 Å². The molecule has 0 fully saturated rings. The largest absolute Gasteiger partial charge is 0.493 e. The molecule has 0 saturated carbocycles. The summed E-state index contributed by atoms with van der Waals surface area (Å²) >= 11 is 5.86. The summed E-state index contributed by atoms with van der Waals surface area (Å²) in [7, 11) is 0. The van der Waals surface area contributed by atoms with E-state index in [2.05, 4.69) is 0 Å². The lowest BCUT2D eigenvalue weighted by atomic mass is 10.1. The van der Waals surface area contributed by atoms with Crippen LogP contribution in [0.25, 0.3) is 6.08 Å². The average molecular weight is 411 g/mol. The molecule has 2 aromatic carbocycles. The first-order chi connectivity index (χ1) is 12.6. The second-order valence-corrected chi connectivity index (χ2v) is 5.78. The number of hydrogen-bond acceptors (Lipinski definition) is 4. The maximum Gasteiger partial charge on any atom is 0.185 e. The normalized spacial score (nSPS) is 10.4. The number of ether oxygens (including phenoxy) is 3. The maximum atomic E-state index is 12.4. The van der Waals surface area contributed by atoms with Gasteiger partial charge in [-0.3, -0.25) is 4.79 Å². The Morgan fingerprint density at radius 1 is 0.889 bits per heavy atom. The van der Waals surface area contributed by atoms with Crippen LogP contribution in [0.2, 0.25) is 5.02 Å². The van der Waals surface area contributed by atoms with Gasteiger partial charge in [0.15, 0.2) is 17.3 Å². The smallest absolute Gasteiger partial charge is 0.185 e. The van der Waals surface area contributed by atoms with Crippen LogP contribution in [0.15, 0.2) is 42.5 Å². The summed E-state index contributed by atoms with van der Waals surface area (Å²) in [5, 5.41) is 0.594. The molecular weight excluding hydrogens is 387 g/mol. The lowest BCUT2D eigenvalue weighted by molar-refractivity contribution is 0.104. The highest BCUT2D eigenvalue weighted by molar-refractivity contribution is 6.30. The van der Waals surface area contributed by atoms with Crippen molar-refractivity contribution in [3.63, 3.8) is 0 Å². The van der Waals surface area contributed by atoms with Crippen molar-refractivity contribution >= 4 is 35.9 Å². The lowest BCUT2D eigenvalue weighted by Crippen LogP contribution is -2.01. The third kappa shape index (κ3) is 6.49. The minimum atomic E-state index is -0.115. The predicted octanol–water partition coefficient (Wildman–Crippen LogP) is 5.85. The minimum Gasteiger partial charge on any atom is -0.493 e. The molecule has 0 aromatic heterocycles. The molecule has 0 unspecified atom stereocenters. The molecule has 0 radical (unpaired) electrons. The first-order valence-corrected chi connectivity index (χ1v) is 9.01. The molecule has 2 aromatic rings. The highest BCUT2D eigenvalue weighted by Gasteiger charge is 2.12. The van der Waals surface area contributed by atoms with Crippen LogP contribution in [0.3, 0.4) is 0 Å². The molecule has 0 bridgehead atoms. The van der Waals surface area contributed by atoms with Crippen LogP contribution in [0.5, 0.6) is 17.2 Å². The number of halogens is 2. The van der Waals surface area contributed by atoms with Crippen molar-refractivity contribution in [2.75, 3.05) is 19.8 Å². The number of allylic oxidation sites excluding steroid dienone is 1. The van der Waals surface area contributed by atoms with E-state index in [1.54, 1.807) is 36.4 Å². The Kier molecular flexibility index (Phi) is 9.76. The summed E-state index contributed by atoms with van der Waals surface area (Å²) in [4.78, 5) is 12.4. The fraction of sp³-hybridized carbons (Fsp3) is 0.286. The summed E-state index contributed by atoms with van der Waals surface area (Å²) in [6.45, 7) is 7.27. The zero-order chi connectivity index (χ0) is 18.9. The van der Waals surface area contributed by atoms with E-state index in [0.717, 1.165) is 5.56 Å². The minimum absolute atomic E-state index is 0. The van der Waals surface area contributed by atoms with E-state index < -0.39 is 0 Å². The molecule has 0 atom stereocenters. The molecule has 0 spiro atoms. The standard InChI is InChI=1S/C21H23ClO4.ClH/c1-4-24-19-14-21(26-6-3)20(25-5-2)13-16(19)9-12-18(23)15-7-10-17(22)11-8-15;/h7-14H,4-6H2,1-3H3;1H/b12-9+;. The van der Waals surface area contributed by atoms with Gasteiger partial charge >= 0.3 is 0 Å². The molecule has 0 aliphatic carbocycles. The van der Waals surface area contributed by atoms with Gasteiger partial charge in [-0.05, 0) is 63.3 Å². The number of rotatable bonds is 9. The van der Waals surface area contributed by atoms with Gasteiger partial charge in [-0.2, -0.15) is 0 Å². The highest BCUT2D eigenvalue weighted by atomic mass is 35.5. The molecule has 0 N–H and O–H groups in total. The molecule has 146 valence electrons. The van der Waals surface area contributed by atoms with Crippen LogP contribution in [0.4, 0.5) is 0 Å². The molecule has 0 saturated heterocycles. The molecule has 6 heteroatoms. The Hall–Kier alpha value is -2.17. The Bertz CT molecular complexity index is 770. The first-order valence-electron chi connectivity index (χ1n) is 8.63. The van der Waals surface area contributed by atoms with Gasteiger partial charge in [0, 0.05) is 22.2 Å². The van der Waals surface area contributed by atoms with Gasteiger partial charge < -0.3 is 14.2 Å². The van der Waals surface area contributed by atoms with E-state index in [9.17, 15) is 4.79 Å². The van der Waals surface area contributed by atoms with E-state index in [-0.39, 0.29) is 18.2 Å². The second-order valence-electron chi connectivity index (χ2n) is 5.34. The molecule has 2 rings (SSSR count). The number of ketones is 1. The summed E-state index contributed by atoms with van der Waals surface area (Å²) in [6, 6.07) is 10.4. The van der Waals surface area contributed by atoms with Crippen LogP contribution in [-0.2, 0) is 0 Å². The molecule has 0 aliphatic rings. The summed E-state index contributed by atoms with van der Waals surface area (Å²) in [5.41, 5.74) is 1.32. The number of carbonyl (C=O) groups excluding carboxylic acids is 1. The van der Waals surface area contributed by atoms with Crippen LogP contribution in [0.1, 0.15) is 36.7 Å². The Labute approximate surface area is 171 Å². The van der Waals surface area contributed by atoms with Gasteiger partial charge in [0.05, 0.1) is 19.8 Å². The molecule has 0 aliphatic heterocycles. The van der Waals surface area contributed by atoms with Crippen LogP contribution in [-0.4, -0.2) is 25.6 Å². The number of hydrogen-bond donors (Lipinski definition) is 0. The number of carbonyl (C=O) groups is 1. The van der Waals surface area contributed by atoms with Crippen LogP contribution < -0.4 is 14.2 Å². The molecule has 0 heterocycles. The maximum absolute atomic E-state index is 12.4. The molecule has 4 nitrogen and oxygen atoms in total. The van der Waals surface area contributed by atoms with E-state index >= 15 is 0 Å². The van der Waals surface area contributed by atoms with Gasteiger partial charge in [0.1, 0.15) is 5.75 Å². The van der Waals surface area contributed by atoms with Gasteiger partial charge in [-0.15, -0.1) is 12.4 Å². The fourth-order valence-corrected chi connectivity index (χ4v) is 2.51. The first kappa shape index (κ1) is 22.9. The second kappa shape index (κ2) is 11.5. The predicted molar refractivity (Wildman–Crippen MR) is 112 cm³/mol. The summed E-state index contributed by atoms with van der Waals surface area (Å²) < 4.78 is 17.0. The van der Waals surface area contributed by atoms with Crippen molar-refractivity contribution in [3.8, 4) is 17.2 Å². The highest BCUT2D eigenvalue weighted by Crippen LogP contribution is 2.36. The zero-order valence-corrected chi connectivity index (χ0v) is 17.2. The van der Waals surface area contributed by atoms with Crippen molar-refractivity contribution in [1.82, 2.24) is 0 Å². The number of benzene rings is 2. The summed E-state index contributed by atoms with van der Waals surface area (Å²) in [5.74, 6) is 1.77. The van der Waals surface area contributed by atoms with Gasteiger partial charge in [0.2, 0.25) is 0 Å². The van der Waals surface area contributed by atoms with Gasteiger partial charge in [0.25, 0.3) is 0 Å². The lowest BCUT2D eigenvalue weighted by Gasteiger charge is -2.15. The Balaban J connectivity index is 0.00000364. The van der Waals surface area contributed by atoms with E-state index in [4.69, 9.17) is 25.8 Å². The Morgan fingerprint density at radius 2 is 1.41 bits per heavy atom. The van der Waals surface area contributed by atoms with Crippen molar-refractivity contribution in [2.24, 2.45) is 0 Å². The topological polar surface area (TPSA) is 44.8 Å². The zero-order valence-electron chi connectivity index (χ0n) is 15.7. The monoisotopic (exact) mass is 410 g/mol. The van der Waals surface area contributed by atoms with E-state index in [1.165, 1.54) is 6.08 Å². The molecular formula is C21H24Cl2O4. The quantitative estimate of drug-likeness (QED) is 0.383.